The Labute approximate surface area is 109 Å². The van der Waals surface area contributed by atoms with Crippen LogP contribution >= 0.6 is 11.8 Å². The molecule has 1 aromatic heterocycles. The summed E-state index contributed by atoms with van der Waals surface area (Å²) < 4.78 is 10.8. The molecule has 7 heteroatoms. The van der Waals surface area contributed by atoms with Gasteiger partial charge in [0.15, 0.2) is 5.69 Å². The number of carbonyl (C=O) groups is 2. The summed E-state index contributed by atoms with van der Waals surface area (Å²) in [5.41, 5.74) is 0.937. The molecule has 0 unspecified atom stereocenters. The summed E-state index contributed by atoms with van der Waals surface area (Å²) >= 11 is 1.65. The van der Waals surface area contributed by atoms with Crippen molar-refractivity contribution in [2.75, 3.05) is 14.2 Å². The average molecular weight is 270 g/mol. The van der Waals surface area contributed by atoms with Crippen LogP contribution in [0.3, 0.4) is 0 Å². The molecule has 0 bridgehead atoms. The van der Waals surface area contributed by atoms with E-state index in [1.807, 2.05) is 13.8 Å². The molecule has 0 spiro atoms. The van der Waals surface area contributed by atoms with Crippen LogP contribution in [0, 0.1) is 0 Å². The number of thioether (sulfide) groups is 1. The van der Waals surface area contributed by atoms with Crippen LogP contribution in [-0.2, 0) is 20.1 Å². The zero-order chi connectivity index (χ0) is 13.5. The highest BCUT2D eigenvalue weighted by Gasteiger charge is 2.41. The van der Waals surface area contributed by atoms with Gasteiger partial charge < -0.3 is 9.47 Å². The van der Waals surface area contributed by atoms with Gasteiger partial charge in [-0.25, -0.2) is 9.59 Å². The minimum Gasteiger partial charge on any atom is -0.465 e. The van der Waals surface area contributed by atoms with Gasteiger partial charge in [-0.2, -0.15) is 5.10 Å². The van der Waals surface area contributed by atoms with Gasteiger partial charge in [-0.1, -0.05) is 0 Å². The second-order valence-electron chi connectivity index (χ2n) is 4.34. The van der Waals surface area contributed by atoms with Crippen LogP contribution in [0.1, 0.15) is 40.4 Å². The van der Waals surface area contributed by atoms with Crippen LogP contribution in [0.2, 0.25) is 0 Å². The van der Waals surface area contributed by atoms with Crippen molar-refractivity contribution in [1.29, 1.82) is 0 Å². The quantitative estimate of drug-likeness (QED) is 0.756. The van der Waals surface area contributed by atoms with Crippen molar-refractivity contribution in [2.24, 2.45) is 0 Å². The molecule has 1 aromatic rings. The predicted octanol–water partition coefficient (Wildman–Crippen LogP) is 1.40. The molecule has 0 N–H and O–H groups in total. The fraction of sp³-hybridized carbons (Fsp3) is 0.545. The van der Waals surface area contributed by atoms with Gasteiger partial charge in [-0.05, 0) is 13.8 Å². The minimum atomic E-state index is -0.627. The molecular formula is C11H14N2O4S. The van der Waals surface area contributed by atoms with Crippen molar-refractivity contribution < 1.29 is 19.1 Å². The second kappa shape index (κ2) is 4.31. The molecule has 0 aromatic carbocycles. The maximum Gasteiger partial charge on any atom is 0.359 e. The van der Waals surface area contributed by atoms with Gasteiger partial charge in [0, 0.05) is 0 Å². The van der Waals surface area contributed by atoms with Crippen molar-refractivity contribution in [3.8, 4) is 0 Å². The number of aromatic nitrogens is 2. The number of carbonyl (C=O) groups excluding carboxylic acids is 2. The summed E-state index contributed by atoms with van der Waals surface area (Å²) in [6, 6.07) is 0. The van der Waals surface area contributed by atoms with Crippen LogP contribution in [0.25, 0.3) is 0 Å². The Bertz CT molecular complexity index is 521. The summed E-state index contributed by atoms with van der Waals surface area (Å²) in [6.45, 7) is 3.96. The molecule has 0 saturated carbocycles. The number of nitrogens with zero attached hydrogens (tertiary/aromatic N) is 2. The van der Waals surface area contributed by atoms with E-state index in [0.717, 1.165) is 0 Å². The van der Waals surface area contributed by atoms with Gasteiger partial charge >= 0.3 is 11.9 Å². The van der Waals surface area contributed by atoms with Crippen LogP contribution in [-0.4, -0.2) is 35.9 Å². The van der Waals surface area contributed by atoms with E-state index in [1.54, 1.807) is 16.4 Å². The highest BCUT2D eigenvalue weighted by atomic mass is 32.2. The molecule has 0 radical (unpaired) electrons. The number of esters is 2. The highest BCUT2D eigenvalue weighted by Crippen LogP contribution is 2.45. The Hall–Kier alpha value is -1.50. The number of fused-ring (bicyclic) bond motifs is 1. The Morgan fingerprint density at radius 2 is 1.89 bits per heavy atom. The van der Waals surface area contributed by atoms with Gasteiger partial charge in [0.25, 0.3) is 0 Å². The fourth-order valence-corrected chi connectivity index (χ4v) is 2.97. The van der Waals surface area contributed by atoms with Crippen LogP contribution in [0.5, 0.6) is 0 Å². The van der Waals surface area contributed by atoms with Crippen molar-refractivity contribution in [1.82, 2.24) is 9.78 Å². The number of rotatable bonds is 2. The average Bonchev–Trinajstić information content (AvgIpc) is 2.86. The van der Waals surface area contributed by atoms with E-state index in [2.05, 4.69) is 9.84 Å². The van der Waals surface area contributed by atoms with Gasteiger partial charge in [0.2, 0.25) is 0 Å². The first-order valence-corrected chi connectivity index (χ1v) is 6.32. The summed E-state index contributed by atoms with van der Waals surface area (Å²) in [5.74, 6) is -0.589. The molecule has 1 aliphatic heterocycles. The van der Waals surface area contributed by atoms with E-state index in [9.17, 15) is 9.59 Å². The molecule has 2 heterocycles. The van der Waals surface area contributed by atoms with Gasteiger partial charge in [0.1, 0.15) is 5.56 Å². The first-order valence-electron chi connectivity index (χ1n) is 5.34. The van der Waals surface area contributed by atoms with E-state index in [-0.39, 0.29) is 16.0 Å². The molecule has 0 saturated heterocycles. The lowest BCUT2D eigenvalue weighted by molar-refractivity contribution is 0.0550. The number of hydrogen-bond acceptors (Lipinski definition) is 6. The maximum atomic E-state index is 11.9. The zero-order valence-electron chi connectivity index (χ0n) is 10.6. The lowest BCUT2D eigenvalue weighted by Crippen LogP contribution is -2.17. The lowest BCUT2D eigenvalue weighted by Gasteiger charge is -2.16. The normalized spacial score (nSPS) is 16.2. The molecule has 0 fully saturated rings. The molecule has 98 valence electrons. The topological polar surface area (TPSA) is 70.4 Å². The largest absolute Gasteiger partial charge is 0.465 e. The maximum absolute atomic E-state index is 11.9. The molecule has 2 rings (SSSR count). The van der Waals surface area contributed by atoms with Crippen molar-refractivity contribution in [2.45, 2.75) is 24.5 Å². The van der Waals surface area contributed by atoms with E-state index >= 15 is 0 Å². The smallest absolute Gasteiger partial charge is 0.359 e. The van der Waals surface area contributed by atoms with Gasteiger partial charge in [-0.15, -0.1) is 11.8 Å². The summed E-state index contributed by atoms with van der Waals surface area (Å²) in [6.07, 6.45) is 0. The molecule has 0 atom stereocenters. The third-order valence-corrected chi connectivity index (χ3v) is 4.13. The summed E-state index contributed by atoms with van der Waals surface area (Å²) in [7, 11) is 2.54. The Balaban J connectivity index is 2.65. The molecular weight excluding hydrogens is 256 g/mol. The first-order chi connectivity index (χ1) is 8.42. The second-order valence-corrected chi connectivity index (χ2v) is 5.91. The highest BCUT2D eigenvalue weighted by molar-refractivity contribution is 7.99. The third kappa shape index (κ3) is 1.78. The minimum absolute atomic E-state index is 0.0210. The molecule has 0 aliphatic carbocycles. The van der Waals surface area contributed by atoms with Crippen molar-refractivity contribution in [3.63, 3.8) is 0 Å². The van der Waals surface area contributed by atoms with E-state index in [4.69, 9.17) is 4.74 Å². The monoisotopic (exact) mass is 270 g/mol. The van der Waals surface area contributed by atoms with Gasteiger partial charge in [-0.3, -0.25) is 4.68 Å². The Kier molecular flexibility index (Phi) is 3.10. The standard InChI is InChI=1S/C11H14N2O4S/c1-11(2)8-6(9(14)16-3)7(10(15)17-4)12-13(8)5-18-11/h5H2,1-4H3. The Morgan fingerprint density at radius 3 is 2.44 bits per heavy atom. The number of methoxy groups -OCH3 is 2. The molecule has 1 aliphatic rings. The zero-order valence-corrected chi connectivity index (χ0v) is 11.5. The third-order valence-electron chi connectivity index (χ3n) is 2.84. The summed E-state index contributed by atoms with van der Waals surface area (Å²) in [5, 5.41) is 4.15. The molecule has 0 amide bonds. The van der Waals surface area contributed by atoms with Crippen molar-refractivity contribution >= 4 is 23.7 Å². The van der Waals surface area contributed by atoms with Crippen LogP contribution in [0.15, 0.2) is 0 Å². The predicted molar refractivity (Wildman–Crippen MR) is 65.5 cm³/mol. The lowest BCUT2D eigenvalue weighted by atomic mass is 10.0. The van der Waals surface area contributed by atoms with Crippen molar-refractivity contribution in [3.05, 3.63) is 17.0 Å². The number of ether oxygens (including phenoxy) is 2. The van der Waals surface area contributed by atoms with Crippen LogP contribution in [0.4, 0.5) is 0 Å². The van der Waals surface area contributed by atoms with E-state index in [0.29, 0.717) is 11.6 Å². The molecule has 6 nitrogen and oxygen atoms in total. The van der Waals surface area contributed by atoms with E-state index in [1.165, 1.54) is 14.2 Å². The summed E-state index contributed by atoms with van der Waals surface area (Å²) in [4.78, 5) is 23.5. The SMILES string of the molecule is COC(=O)c1nn2c(c1C(=O)OC)C(C)(C)SC2. The first kappa shape index (κ1) is 12.9. The van der Waals surface area contributed by atoms with Crippen LogP contribution < -0.4 is 0 Å². The van der Waals surface area contributed by atoms with Gasteiger partial charge in [0.05, 0.1) is 30.5 Å². The van der Waals surface area contributed by atoms with E-state index < -0.39 is 11.9 Å². The molecule has 18 heavy (non-hydrogen) atoms. The Morgan fingerprint density at radius 1 is 1.28 bits per heavy atom. The fourth-order valence-electron chi connectivity index (χ4n) is 1.99. The number of hydrogen-bond donors (Lipinski definition) is 0.